The molecule has 4 heteroatoms. The summed E-state index contributed by atoms with van der Waals surface area (Å²) in [6.07, 6.45) is 0. The van der Waals surface area contributed by atoms with Crippen LogP contribution in [0.2, 0.25) is 0 Å². The first-order valence-electron chi connectivity index (χ1n) is 6.64. The Kier molecular flexibility index (Phi) is 3.61. The first kappa shape index (κ1) is 13.7. The number of allylic oxidation sites excluding steroid dienone is 2. The Morgan fingerprint density at radius 2 is 2.00 bits per heavy atom. The molecular formula is C16H17NOS2. The molecule has 0 saturated heterocycles. The second kappa shape index (κ2) is 5.26. The van der Waals surface area contributed by atoms with Crippen molar-refractivity contribution in [3.8, 4) is 0 Å². The number of carbonyl (C=O) groups is 1. The molecule has 0 fully saturated rings. The number of ketones is 1. The molecule has 1 aromatic heterocycles. The van der Waals surface area contributed by atoms with Gasteiger partial charge in [0.2, 0.25) is 0 Å². The monoisotopic (exact) mass is 303 g/mol. The highest BCUT2D eigenvalue weighted by Gasteiger charge is 2.22. The summed E-state index contributed by atoms with van der Waals surface area (Å²) in [4.78, 5) is 17.0. The van der Waals surface area contributed by atoms with E-state index in [-0.39, 0.29) is 5.78 Å². The van der Waals surface area contributed by atoms with Gasteiger partial charge in [0, 0.05) is 15.3 Å². The van der Waals surface area contributed by atoms with Crippen molar-refractivity contribution < 1.29 is 4.79 Å². The maximum absolute atomic E-state index is 12.6. The van der Waals surface area contributed by atoms with Crippen LogP contribution in [-0.4, -0.2) is 23.1 Å². The molecule has 0 radical (unpaired) electrons. The third-order valence-corrected chi connectivity index (χ3v) is 6.34. The Balaban J connectivity index is 1.88. The molecule has 2 nitrogen and oxygen atoms in total. The molecule has 0 aliphatic carbocycles. The zero-order valence-corrected chi connectivity index (χ0v) is 13.5. The van der Waals surface area contributed by atoms with Gasteiger partial charge in [-0.25, -0.2) is 0 Å². The van der Waals surface area contributed by atoms with Crippen LogP contribution in [0.3, 0.4) is 0 Å². The quantitative estimate of drug-likeness (QED) is 0.770. The molecule has 1 aliphatic heterocycles. The number of thiophene rings is 1. The van der Waals surface area contributed by atoms with E-state index in [1.165, 1.54) is 20.7 Å². The Morgan fingerprint density at radius 1 is 1.25 bits per heavy atom. The average molecular weight is 303 g/mol. The van der Waals surface area contributed by atoms with Crippen molar-refractivity contribution in [2.75, 3.05) is 12.4 Å². The van der Waals surface area contributed by atoms with Crippen molar-refractivity contribution in [2.45, 2.75) is 20.8 Å². The van der Waals surface area contributed by atoms with Crippen LogP contribution in [0.1, 0.15) is 29.1 Å². The number of nitrogens with zero attached hydrogens (tertiary/aromatic N) is 1. The SMILES string of the molecule is CC1=C(C)N(CC(=O)c2sc3ccccc3c2C)CS1. The summed E-state index contributed by atoms with van der Waals surface area (Å²) in [5.74, 6) is 1.13. The second-order valence-electron chi connectivity index (χ2n) is 5.09. The van der Waals surface area contributed by atoms with Crippen molar-refractivity contribution in [2.24, 2.45) is 0 Å². The molecule has 0 atom stereocenters. The zero-order chi connectivity index (χ0) is 14.3. The van der Waals surface area contributed by atoms with Gasteiger partial charge in [-0.3, -0.25) is 4.79 Å². The predicted molar refractivity (Wildman–Crippen MR) is 88.4 cm³/mol. The molecule has 0 unspecified atom stereocenters. The standard InChI is InChI=1S/C16H17NOS2/c1-10-13-6-4-5-7-15(13)20-16(10)14(18)8-17-9-19-12(3)11(17)2/h4-7H,8-9H2,1-3H3. The number of hydrogen-bond acceptors (Lipinski definition) is 4. The van der Waals surface area contributed by atoms with E-state index in [1.807, 2.05) is 23.9 Å². The summed E-state index contributed by atoms with van der Waals surface area (Å²) in [6.45, 7) is 6.76. The molecule has 0 amide bonds. The lowest BCUT2D eigenvalue weighted by atomic mass is 10.1. The Morgan fingerprint density at radius 3 is 2.65 bits per heavy atom. The van der Waals surface area contributed by atoms with Crippen LogP contribution >= 0.6 is 23.1 Å². The van der Waals surface area contributed by atoms with E-state index in [1.54, 1.807) is 11.3 Å². The topological polar surface area (TPSA) is 20.3 Å². The molecule has 2 heterocycles. The van der Waals surface area contributed by atoms with Crippen molar-refractivity contribution >= 4 is 39.0 Å². The number of fused-ring (bicyclic) bond motifs is 1. The number of thioether (sulfide) groups is 1. The minimum Gasteiger partial charge on any atom is -0.357 e. The third kappa shape index (κ3) is 2.27. The lowest BCUT2D eigenvalue weighted by Crippen LogP contribution is -2.25. The van der Waals surface area contributed by atoms with Gasteiger partial charge in [0.25, 0.3) is 0 Å². The van der Waals surface area contributed by atoms with Gasteiger partial charge in [0.05, 0.1) is 17.3 Å². The van der Waals surface area contributed by atoms with Crippen LogP contribution in [0.5, 0.6) is 0 Å². The molecule has 104 valence electrons. The van der Waals surface area contributed by atoms with Gasteiger partial charge in [-0.1, -0.05) is 18.2 Å². The van der Waals surface area contributed by atoms with Crippen LogP contribution < -0.4 is 0 Å². The Labute approximate surface area is 127 Å². The lowest BCUT2D eigenvalue weighted by molar-refractivity contribution is 0.0962. The summed E-state index contributed by atoms with van der Waals surface area (Å²) in [7, 11) is 0. The molecule has 0 spiro atoms. The predicted octanol–water partition coefficient (Wildman–Crippen LogP) is 4.65. The second-order valence-corrected chi connectivity index (χ2v) is 7.30. The molecule has 2 aromatic rings. The van der Waals surface area contributed by atoms with E-state index >= 15 is 0 Å². The minimum atomic E-state index is 0.235. The lowest BCUT2D eigenvalue weighted by Gasteiger charge is -2.17. The molecular weight excluding hydrogens is 286 g/mol. The summed E-state index contributed by atoms with van der Waals surface area (Å²) in [6, 6.07) is 8.24. The maximum Gasteiger partial charge on any atom is 0.192 e. The van der Waals surface area contributed by atoms with E-state index < -0.39 is 0 Å². The van der Waals surface area contributed by atoms with E-state index in [4.69, 9.17) is 0 Å². The highest BCUT2D eigenvalue weighted by atomic mass is 32.2. The highest BCUT2D eigenvalue weighted by molar-refractivity contribution is 8.03. The summed E-state index contributed by atoms with van der Waals surface area (Å²) in [5.41, 5.74) is 2.36. The molecule has 0 N–H and O–H groups in total. The maximum atomic E-state index is 12.6. The molecule has 1 aliphatic rings. The van der Waals surface area contributed by atoms with E-state index in [9.17, 15) is 4.79 Å². The van der Waals surface area contributed by atoms with Crippen LogP contribution in [0.4, 0.5) is 0 Å². The smallest absolute Gasteiger partial charge is 0.192 e. The van der Waals surface area contributed by atoms with Gasteiger partial charge in [-0.15, -0.1) is 23.1 Å². The van der Waals surface area contributed by atoms with Gasteiger partial charge in [0.15, 0.2) is 5.78 Å². The number of hydrogen-bond donors (Lipinski definition) is 0. The molecule has 0 bridgehead atoms. The van der Waals surface area contributed by atoms with Gasteiger partial charge in [-0.05, 0) is 37.8 Å². The van der Waals surface area contributed by atoms with Crippen molar-refractivity contribution in [1.29, 1.82) is 0 Å². The first-order chi connectivity index (χ1) is 9.58. The fraction of sp³-hybridized carbons (Fsp3) is 0.312. The Hall–Kier alpha value is -1.26. The zero-order valence-electron chi connectivity index (χ0n) is 11.9. The van der Waals surface area contributed by atoms with E-state index in [0.29, 0.717) is 6.54 Å². The summed E-state index contributed by atoms with van der Waals surface area (Å²) >= 11 is 3.43. The molecule has 20 heavy (non-hydrogen) atoms. The average Bonchev–Trinajstić information content (AvgIpc) is 2.94. The van der Waals surface area contributed by atoms with Gasteiger partial charge in [-0.2, -0.15) is 0 Å². The highest BCUT2D eigenvalue weighted by Crippen LogP contribution is 2.33. The van der Waals surface area contributed by atoms with Gasteiger partial charge in [0.1, 0.15) is 0 Å². The van der Waals surface area contributed by atoms with Crippen molar-refractivity contribution in [3.63, 3.8) is 0 Å². The molecule has 1 aromatic carbocycles. The van der Waals surface area contributed by atoms with Crippen molar-refractivity contribution in [3.05, 3.63) is 45.3 Å². The summed E-state index contributed by atoms with van der Waals surface area (Å²) in [5, 5.41) is 1.21. The number of Topliss-reactive ketones (excluding diaryl/α,β-unsaturated/α-hetero) is 1. The minimum absolute atomic E-state index is 0.235. The molecule has 3 rings (SSSR count). The largest absolute Gasteiger partial charge is 0.357 e. The van der Waals surface area contributed by atoms with E-state index in [2.05, 4.69) is 37.8 Å². The van der Waals surface area contributed by atoms with Gasteiger partial charge < -0.3 is 4.90 Å². The summed E-state index contributed by atoms with van der Waals surface area (Å²) < 4.78 is 1.20. The van der Waals surface area contributed by atoms with Crippen molar-refractivity contribution in [1.82, 2.24) is 4.90 Å². The van der Waals surface area contributed by atoms with Crippen LogP contribution in [-0.2, 0) is 0 Å². The van der Waals surface area contributed by atoms with Gasteiger partial charge >= 0.3 is 0 Å². The van der Waals surface area contributed by atoms with Crippen LogP contribution in [0.15, 0.2) is 34.9 Å². The fourth-order valence-electron chi connectivity index (χ4n) is 2.45. The van der Waals surface area contributed by atoms with E-state index in [0.717, 1.165) is 16.3 Å². The normalized spacial score (nSPS) is 15.4. The molecule has 0 saturated carbocycles. The number of carbonyl (C=O) groups excluding carboxylic acids is 1. The number of benzene rings is 1. The third-order valence-electron chi connectivity index (χ3n) is 3.85. The number of aryl methyl sites for hydroxylation is 1. The Bertz CT molecular complexity index is 714. The van der Waals surface area contributed by atoms with Crippen LogP contribution in [0, 0.1) is 6.92 Å². The fourth-order valence-corrected chi connectivity index (χ4v) is 4.56. The van der Waals surface area contributed by atoms with Crippen LogP contribution in [0.25, 0.3) is 10.1 Å². The number of rotatable bonds is 3. The first-order valence-corrected chi connectivity index (χ1v) is 8.44.